The first kappa shape index (κ1) is 8.06. The summed E-state index contributed by atoms with van der Waals surface area (Å²) in [5.41, 5.74) is 0. The van der Waals surface area contributed by atoms with Gasteiger partial charge in [-0.2, -0.15) is 0 Å². The summed E-state index contributed by atoms with van der Waals surface area (Å²) in [6, 6.07) is 0. The molecule has 0 aromatic rings. The number of hydrogen-bond acceptors (Lipinski definition) is 1. The predicted molar refractivity (Wildman–Crippen MR) is 41.9 cm³/mol. The van der Waals surface area contributed by atoms with Crippen molar-refractivity contribution >= 4 is 16.8 Å². The molecule has 0 N–H and O–H groups in total. The molecule has 10 heavy (non-hydrogen) atoms. The molecule has 0 saturated heterocycles. The SMILES string of the molecule is CC1CCC(C)C1C(=O)Cl. The van der Waals surface area contributed by atoms with Crippen LogP contribution in [0.1, 0.15) is 26.7 Å². The predicted octanol–water partition coefficient (Wildman–Crippen LogP) is 2.43. The van der Waals surface area contributed by atoms with Gasteiger partial charge < -0.3 is 0 Å². The number of rotatable bonds is 1. The van der Waals surface area contributed by atoms with Crippen LogP contribution in [0.25, 0.3) is 0 Å². The van der Waals surface area contributed by atoms with Gasteiger partial charge in [-0.25, -0.2) is 0 Å². The monoisotopic (exact) mass is 160 g/mol. The zero-order valence-electron chi connectivity index (χ0n) is 6.43. The van der Waals surface area contributed by atoms with Crippen LogP contribution >= 0.6 is 11.6 Å². The first-order valence-electron chi connectivity index (χ1n) is 3.82. The van der Waals surface area contributed by atoms with Crippen LogP contribution in [-0.2, 0) is 4.79 Å². The Morgan fingerprint density at radius 3 is 1.90 bits per heavy atom. The highest BCUT2D eigenvalue weighted by Gasteiger charge is 2.34. The second kappa shape index (κ2) is 2.91. The van der Waals surface area contributed by atoms with Gasteiger partial charge in [-0.05, 0) is 36.3 Å². The lowest BCUT2D eigenvalue weighted by Gasteiger charge is -2.13. The summed E-state index contributed by atoms with van der Waals surface area (Å²) < 4.78 is 0. The summed E-state index contributed by atoms with van der Waals surface area (Å²) in [4.78, 5) is 10.8. The van der Waals surface area contributed by atoms with Crippen molar-refractivity contribution in [2.45, 2.75) is 26.7 Å². The van der Waals surface area contributed by atoms with Crippen LogP contribution in [0.3, 0.4) is 0 Å². The summed E-state index contributed by atoms with van der Waals surface area (Å²) >= 11 is 5.43. The van der Waals surface area contributed by atoms with E-state index in [1.165, 1.54) is 0 Å². The molecule has 0 heterocycles. The van der Waals surface area contributed by atoms with Crippen molar-refractivity contribution in [3.8, 4) is 0 Å². The largest absolute Gasteiger partial charge is 0.281 e. The van der Waals surface area contributed by atoms with E-state index >= 15 is 0 Å². The van der Waals surface area contributed by atoms with E-state index in [0.717, 1.165) is 12.8 Å². The Morgan fingerprint density at radius 2 is 1.70 bits per heavy atom. The van der Waals surface area contributed by atoms with Crippen LogP contribution in [0.4, 0.5) is 0 Å². The van der Waals surface area contributed by atoms with E-state index < -0.39 is 0 Å². The Hall–Kier alpha value is -0.0400. The van der Waals surface area contributed by atoms with Gasteiger partial charge in [0.25, 0.3) is 0 Å². The quantitative estimate of drug-likeness (QED) is 0.539. The minimum absolute atomic E-state index is 0.127. The molecule has 2 unspecified atom stereocenters. The third-order valence-corrected chi connectivity index (χ3v) is 2.82. The number of hydrogen-bond donors (Lipinski definition) is 0. The van der Waals surface area contributed by atoms with Crippen LogP contribution < -0.4 is 0 Å². The summed E-state index contributed by atoms with van der Waals surface area (Å²) in [6.07, 6.45) is 2.31. The molecule has 1 aliphatic carbocycles. The highest BCUT2D eigenvalue weighted by atomic mass is 35.5. The minimum atomic E-state index is -0.141. The van der Waals surface area contributed by atoms with E-state index in [-0.39, 0.29) is 11.2 Å². The molecule has 1 nitrogen and oxygen atoms in total. The number of carbonyl (C=O) groups is 1. The Morgan fingerprint density at radius 1 is 1.30 bits per heavy atom. The molecule has 1 fully saturated rings. The first-order chi connectivity index (χ1) is 4.63. The van der Waals surface area contributed by atoms with E-state index in [2.05, 4.69) is 13.8 Å². The van der Waals surface area contributed by atoms with E-state index in [4.69, 9.17) is 11.6 Å². The van der Waals surface area contributed by atoms with Gasteiger partial charge in [0.05, 0.1) is 0 Å². The molecule has 2 atom stereocenters. The van der Waals surface area contributed by atoms with E-state index in [1.807, 2.05) is 0 Å². The van der Waals surface area contributed by atoms with Crippen molar-refractivity contribution in [3.63, 3.8) is 0 Å². The molecule has 2 heteroatoms. The summed E-state index contributed by atoms with van der Waals surface area (Å²) in [6.45, 7) is 4.21. The Balaban J connectivity index is 2.63. The zero-order valence-corrected chi connectivity index (χ0v) is 7.19. The summed E-state index contributed by atoms with van der Waals surface area (Å²) in [7, 11) is 0. The van der Waals surface area contributed by atoms with Crippen molar-refractivity contribution in [1.29, 1.82) is 0 Å². The average Bonchev–Trinajstić information content (AvgIpc) is 2.11. The van der Waals surface area contributed by atoms with Crippen molar-refractivity contribution < 1.29 is 4.79 Å². The Bertz CT molecular complexity index is 134. The van der Waals surface area contributed by atoms with Crippen LogP contribution in [0.2, 0.25) is 0 Å². The molecular weight excluding hydrogens is 148 g/mol. The molecule has 0 aromatic heterocycles. The maximum absolute atomic E-state index is 10.8. The highest BCUT2D eigenvalue weighted by Crippen LogP contribution is 2.37. The smallest absolute Gasteiger partial charge is 0.225 e. The maximum atomic E-state index is 10.8. The molecule has 0 amide bonds. The fourth-order valence-corrected chi connectivity index (χ4v) is 2.32. The first-order valence-corrected chi connectivity index (χ1v) is 4.20. The molecule has 1 saturated carbocycles. The molecule has 0 aromatic carbocycles. The summed E-state index contributed by atoms with van der Waals surface area (Å²) in [5.74, 6) is 1.13. The van der Waals surface area contributed by atoms with Crippen LogP contribution in [0, 0.1) is 17.8 Å². The third kappa shape index (κ3) is 1.34. The lowest BCUT2D eigenvalue weighted by atomic mass is 9.93. The second-order valence-electron chi connectivity index (χ2n) is 3.36. The molecular formula is C8H13ClO. The average molecular weight is 161 g/mol. The third-order valence-electron chi connectivity index (χ3n) is 2.57. The van der Waals surface area contributed by atoms with Gasteiger partial charge in [0, 0.05) is 5.92 Å². The molecule has 0 bridgehead atoms. The maximum Gasteiger partial charge on any atom is 0.225 e. The molecule has 0 aliphatic heterocycles. The van der Waals surface area contributed by atoms with E-state index in [1.54, 1.807) is 0 Å². The molecule has 1 aliphatic rings. The molecule has 0 radical (unpaired) electrons. The van der Waals surface area contributed by atoms with Crippen molar-refractivity contribution in [3.05, 3.63) is 0 Å². The van der Waals surface area contributed by atoms with Gasteiger partial charge in [-0.15, -0.1) is 0 Å². The molecule has 1 rings (SSSR count). The molecule has 0 spiro atoms. The highest BCUT2D eigenvalue weighted by molar-refractivity contribution is 6.64. The van der Waals surface area contributed by atoms with Crippen LogP contribution in [0.5, 0.6) is 0 Å². The van der Waals surface area contributed by atoms with E-state index in [9.17, 15) is 4.79 Å². The minimum Gasteiger partial charge on any atom is -0.281 e. The standard InChI is InChI=1S/C8H13ClO/c1-5-3-4-6(2)7(5)8(9)10/h5-7H,3-4H2,1-2H3. The molecule has 58 valence electrons. The topological polar surface area (TPSA) is 17.1 Å². The zero-order chi connectivity index (χ0) is 7.72. The van der Waals surface area contributed by atoms with Gasteiger partial charge in [0.15, 0.2) is 0 Å². The van der Waals surface area contributed by atoms with Gasteiger partial charge >= 0.3 is 0 Å². The van der Waals surface area contributed by atoms with Crippen LogP contribution in [-0.4, -0.2) is 5.24 Å². The normalized spacial score (nSPS) is 40.1. The van der Waals surface area contributed by atoms with Gasteiger partial charge in [0.1, 0.15) is 0 Å². The summed E-state index contributed by atoms with van der Waals surface area (Å²) in [5, 5.41) is -0.141. The number of halogens is 1. The fraction of sp³-hybridized carbons (Fsp3) is 0.875. The number of carbonyl (C=O) groups excluding carboxylic acids is 1. The Labute approximate surface area is 66.8 Å². The Kier molecular flexibility index (Phi) is 2.35. The van der Waals surface area contributed by atoms with Gasteiger partial charge in [-0.1, -0.05) is 13.8 Å². The van der Waals surface area contributed by atoms with E-state index in [0.29, 0.717) is 11.8 Å². The van der Waals surface area contributed by atoms with Crippen molar-refractivity contribution in [1.82, 2.24) is 0 Å². The lowest BCUT2D eigenvalue weighted by molar-refractivity contribution is -0.116. The van der Waals surface area contributed by atoms with Gasteiger partial charge in [0.2, 0.25) is 5.24 Å². The van der Waals surface area contributed by atoms with Crippen molar-refractivity contribution in [2.24, 2.45) is 17.8 Å². The fourth-order valence-electron chi connectivity index (χ4n) is 1.89. The van der Waals surface area contributed by atoms with Gasteiger partial charge in [-0.3, -0.25) is 4.79 Å². The second-order valence-corrected chi connectivity index (χ2v) is 3.73. The lowest BCUT2D eigenvalue weighted by Crippen LogP contribution is -2.17. The van der Waals surface area contributed by atoms with Crippen LogP contribution in [0.15, 0.2) is 0 Å². The van der Waals surface area contributed by atoms with Crippen molar-refractivity contribution in [2.75, 3.05) is 0 Å².